The van der Waals surface area contributed by atoms with E-state index in [1.165, 1.54) is 0 Å². The Labute approximate surface area is 280 Å². The van der Waals surface area contributed by atoms with Gasteiger partial charge in [0.2, 0.25) is 11.7 Å². The monoisotopic (exact) mass is 704 g/mol. The minimum absolute atomic E-state index is 0.0226. The van der Waals surface area contributed by atoms with Crippen molar-refractivity contribution in [3.63, 3.8) is 0 Å². The minimum Gasteiger partial charge on any atom is -0.379 e. The number of ketones is 1. The van der Waals surface area contributed by atoms with Crippen LogP contribution in [0, 0.1) is 0 Å². The normalized spacial score (nSPS) is 14.3. The molecule has 0 bridgehead atoms. The highest BCUT2D eigenvalue weighted by Gasteiger charge is 2.37. The van der Waals surface area contributed by atoms with Crippen LogP contribution in [0.1, 0.15) is 32.7 Å². The van der Waals surface area contributed by atoms with E-state index in [1.54, 1.807) is 54.6 Å². The van der Waals surface area contributed by atoms with Crippen molar-refractivity contribution in [1.29, 1.82) is 0 Å². The maximum absolute atomic E-state index is 14.5. The van der Waals surface area contributed by atoms with E-state index in [1.807, 2.05) is 0 Å². The highest BCUT2D eigenvalue weighted by atomic mass is 35.5. The van der Waals surface area contributed by atoms with E-state index in [9.17, 15) is 31.1 Å². The van der Waals surface area contributed by atoms with Crippen LogP contribution in [0.4, 0.5) is 32.2 Å². The fourth-order valence-electron chi connectivity index (χ4n) is 5.47. The molecule has 9 nitrogen and oxygen atoms in total. The third-order valence-corrected chi connectivity index (χ3v) is 8.17. The van der Waals surface area contributed by atoms with E-state index in [0.29, 0.717) is 49.6 Å². The predicted octanol–water partition coefficient (Wildman–Crippen LogP) is 7.31. The number of morpholine rings is 1. The average molecular weight is 705 g/mol. The summed E-state index contributed by atoms with van der Waals surface area (Å²) in [6.07, 6.45) is -10.1. The number of carbonyl (C=O) groups is 1. The van der Waals surface area contributed by atoms with E-state index in [0.717, 1.165) is 17.8 Å². The zero-order valence-electron chi connectivity index (χ0n) is 25.5. The van der Waals surface area contributed by atoms with E-state index < -0.39 is 35.8 Å². The van der Waals surface area contributed by atoms with Gasteiger partial charge >= 0.3 is 12.4 Å². The Hall–Kier alpha value is -4.73. The molecule has 49 heavy (non-hydrogen) atoms. The van der Waals surface area contributed by atoms with E-state index in [4.69, 9.17) is 20.9 Å². The summed E-state index contributed by atoms with van der Waals surface area (Å²) in [6, 6.07) is 16.2. The van der Waals surface area contributed by atoms with Crippen LogP contribution in [0.25, 0.3) is 22.5 Å². The third-order valence-electron chi connectivity index (χ3n) is 7.84. The molecule has 6 rings (SSSR count). The Kier molecular flexibility index (Phi) is 9.77. The van der Waals surface area contributed by atoms with Gasteiger partial charge in [0, 0.05) is 37.3 Å². The molecule has 1 aliphatic heterocycles. The van der Waals surface area contributed by atoms with E-state index in [-0.39, 0.29) is 45.2 Å². The zero-order chi connectivity index (χ0) is 34.8. The summed E-state index contributed by atoms with van der Waals surface area (Å²) in [5.74, 6) is -0.690. The lowest BCUT2D eigenvalue weighted by atomic mass is 9.99. The van der Waals surface area contributed by atoms with Crippen molar-refractivity contribution in [2.24, 2.45) is 0 Å². The number of hydrogen-bond donors (Lipinski definition) is 1. The van der Waals surface area contributed by atoms with Gasteiger partial charge in [0.05, 0.1) is 35.9 Å². The average Bonchev–Trinajstić information content (AvgIpc) is 3.69. The number of benzene rings is 3. The molecule has 0 aliphatic carbocycles. The van der Waals surface area contributed by atoms with Gasteiger partial charge in [-0.3, -0.25) is 9.69 Å². The number of carbonyl (C=O) groups excluding carboxylic acids is 1. The molecule has 0 amide bonds. The first-order valence-electron chi connectivity index (χ1n) is 15.0. The van der Waals surface area contributed by atoms with Crippen LogP contribution in [0.2, 0.25) is 5.02 Å². The minimum atomic E-state index is -5.05. The number of hydrogen-bond acceptors (Lipinski definition) is 8. The molecular weight excluding hydrogens is 678 g/mol. The maximum Gasteiger partial charge on any atom is 0.416 e. The fraction of sp³-hybridized carbons (Fsp3) is 0.273. The van der Waals surface area contributed by atoms with Crippen LogP contribution >= 0.6 is 11.6 Å². The molecule has 0 unspecified atom stereocenters. The van der Waals surface area contributed by atoms with Crippen LogP contribution in [0.15, 0.2) is 77.3 Å². The quantitative estimate of drug-likeness (QED) is 0.119. The lowest BCUT2D eigenvalue weighted by Gasteiger charge is -2.26. The van der Waals surface area contributed by atoms with Crippen LogP contribution in [-0.2, 0) is 23.6 Å². The van der Waals surface area contributed by atoms with Gasteiger partial charge in [0.25, 0.3) is 0 Å². The maximum atomic E-state index is 14.5. The SMILES string of the molecule is O=C(c1nnn(Cc2cc(C(F)(F)F)cc(C(F)(F)F)c2)c1-c1ccccc1)c1c(-c2ccccc2Cl)noc1NCCN1CCOCC1. The summed E-state index contributed by atoms with van der Waals surface area (Å²) in [4.78, 5) is 16.7. The lowest BCUT2D eigenvalue weighted by Crippen LogP contribution is -2.39. The van der Waals surface area contributed by atoms with Crippen LogP contribution in [0.5, 0.6) is 0 Å². The molecule has 16 heteroatoms. The van der Waals surface area contributed by atoms with Gasteiger partial charge in [-0.2, -0.15) is 26.3 Å². The summed E-state index contributed by atoms with van der Waals surface area (Å²) in [5, 5.41) is 15.7. The Morgan fingerprint density at radius 1 is 0.898 bits per heavy atom. The van der Waals surface area contributed by atoms with Gasteiger partial charge in [0.1, 0.15) is 17.0 Å². The molecule has 3 heterocycles. The number of anilines is 1. The topological polar surface area (TPSA) is 98.3 Å². The Morgan fingerprint density at radius 2 is 1.55 bits per heavy atom. The molecule has 1 saturated heterocycles. The molecule has 0 spiro atoms. The molecule has 0 saturated carbocycles. The van der Waals surface area contributed by atoms with E-state index in [2.05, 4.69) is 25.7 Å². The van der Waals surface area contributed by atoms with E-state index >= 15 is 0 Å². The van der Waals surface area contributed by atoms with Gasteiger partial charge in [0.15, 0.2) is 5.69 Å². The number of ether oxygens (including phenoxy) is 1. The number of alkyl halides is 6. The van der Waals surface area contributed by atoms with Crippen molar-refractivity contribution < 1.29 is 40.4 Å². The van der Waals surface area contributed by atoms with Gasteiger partial charge in [-0.1, -0.05) is 70.5 Å². The molecule has 0 atom stereocenters. The zero-order valence-corrected chi connectivity index (χ0v) is 26.2. The summed E-state index contributed by atoms with van der Waals surface area (Å²) in [5.41, 5.74) is -2.64. The fourth-order valence-corrected chi connectivity index (χ4v) is 5.70. The predicted molar refractivity (Wildman–Crippen MR) is 167 cm³/mol. The number of rotatable bonds is 10. The molecule has 5 aromatic rings. The van der Waals surface area contributed by atoms with Gasteiger partial charge in [-0.05, 0) is 29.8 Å². The smallest absolute Gasteiger partial charge is 0.379 e. The van der Waals surface area contributed by atoms with Crippen molar-refractivity contribution in [2.45, 2.75) is 18.9 Å². The first-order valence-corrected chi connectivity index (χ1v) is 15.4. The summed E-state index contributed by atoms with van der Waals surface area (Å²) >= 11 is 6.48. The second-order valence-corrected chi connectivity index (χ2v) is 11.6. The molecule has 1 aliphatic rings. The van der Waals surface area contributed by atoms with Gasteiger partial charge in [-0.25, -0.2) is 4.68 Å². The number of aromatic nitrogens is 4. The Bertz CT molecular complexity index is 1910. The van der Waals surface area contributed by atoms with Crippen LogP contribution in [0.3, 0.4) is 0 Å². The molecule has 0 radical (unpaired) electrons. The second-order valence-electron chi connectivity index (χ2n) is 11.1. The number of halogens is 7. The molecule has 256 valence electrons. The number of nitrogens with one attached hydrogen (secondary N) is 1. The molecule has 1 fully saturated rings. The highest BCUT2D eigenvalue weighted by molar-refractivity contribution is 6.33. The Morgan fingerprint density at radius 3 is 2.20 bits per heavy atom. The van der Waals surface area contributed by atoms with Crippen molar-refractivity contribution in [3.8, 4) is 22.5 Å². The lowest BCUT2D eigenvalue weighted by molar-refractivity contribution is -0.143. The molecule has 1 N–H and O–H groups in total. The largest absolute Gasteiger partial charge is 0.416 e. The molecule has 2 aromatic heterocycles. The van der Waals surface area contributed by atoms with Gasteiger partial charge < -0.3 is 14.6 Å². The Balaban J connectivity index is 1.43. The first kappa shape index (κ1) is 34.1. The van der Waals surface area contributed by atoms with Crippen LogP contribution in [-0.4, -0.2) is 70.2 Å². The first-order chi connectivity index (χ1) is 23.4. The van der Waals surface area contributed by atoms with Crippen molar-refractivity contribution in [3.05, 3.63) is 106 Å². The highest BCUT2D eigenvalue weighted by Crippen LogP contribution is 2.38. The summed E-state index contributed by atoms with van der Waals surface area (Å²) in [6.45, 7) is 3.05. The molecule has 3 aromatic carbocycles. The van der Waals surface area contributed by atoms with Crippen LogP contribution < -0.4 is 5.32 Å². The number of nitrogens with zero attached hydrogens (tertiary/aromatic N) is 5. The van der Waals surface area contributed by atoms with Crippen molar-refractivity contribution in [1.82, 2.24) is 25.1 Å². The van der Waals surface area contributed by atoms with Crippen molar-refractivity contribution in [2.75, 3.05) is 44.7 Å². The summed E-state index contributed by atoms with van der Waals surface area (Å²) in [7, 11) is 0. The molecular formula is C33H27ClF6N6O3. The van der Waals surface area contributed by atoms with Crippen molar-refractivity contribution >= 4 is 23.3 Å². The summed E-state index contributed by atoms with van der Waals surface area (Å²) < 4.78 is 93.9. The van der Waals surface area contributed by atoms with Gasteiger partial charge in [-0.15, -0.1) is 5.10 Å². The standard InChI is InChI=1S/C33H27ClF6N6O3/c34-25-9-5-4-8-24(25)27-26(31(49-43-27)41-10-11-45-12-14-48-15-13-45)30(47)28-29(21-6-2-1-3-7-21)46(44-42-28)19-20-16-22(32(35,36)37)18-23(17-20)33(38,39)40/h1-9,16-18,41H,10-15,19H2. The third kappa shape index (κ3) is 7.63. The second kappa shape index (κ2) is 14.0.